The van der Waals surface area contributed by atoms with Crippen molar-refractivity contribution in [2.75, 3.05) is 0 Å². The SMILES string of the molecule is C=Cc1cccc(Cn2c3ccccc3c(=O)c3ccccc32)c1. The molecule has 0 unspecified atom stereocenters. The van der Waals surface area contributed by atoms with Gasteiger partial charge in [-0.05, 0) is 41.5 Å². The maximum absolute atomic E-state index is 12.8. The lowest BCUT2D eigenvalue weighted by molar-refractivity contribution is 0.862. The fraction of sp³-hybridized carbons (Fsp3) is 0.0455. The van der Waals surface area contributed by atoms with Crippen LogP contribution < -0.4 is 5.43 Å². The lowest BCUT2D eigenvalue weighted by Crippen LogP contribution is -2.12. The van der Waals surface area contributed by atoms with Gasteiger partial charge in [0, 0.05) is 17.3 Å². The molecule has 0 spiro atoms. The molecule has 0 aliphatic heterocycles. The number of hydrogen-bond acceptors (Lipinski definition) is 1. The van der Waals surface area contributed by atoms with Crippen molar-refractivity contribution >= 4 is 27.9 Å². The average molecular weight is 311 g/mol. The molecule has 1 aromatic heterocycles. The van der Waals surface area contributed by atoms with Crippen LogP contribution in [0.4, 0.5) is 0 Å². The van der Waals surface area contributed by atoms with Gasteiger partial charge in [0.15, 0.2) is 5.43 Å². The van der Waals surface area contributed by atoms with Crippen molar-refractivity contribution < 1.29 is 0 Å². The maximum Gasteiger partial charge on any atom is 0.197 e. The zero-order valence-corrected chi connectivity index (χ0v) is 13.3. The van der Waals surface area contributed by atoms with Gasteiger partial charge in [0.2, 0.25) is 0 Å². The average Bonchev–Trinajstić information content (AvgIpc) is 2.65. The minimum Gasteiger partial charge on any atom is -0.336 e. The van der Waals surface area contributed by atoms with Gasteiger partial charge in [-0.25, -0.2) is 0 Å². The Labute approximate surface area is 140 Å². The summed E-state index contributed by atoms with van der Waals surface area (Å²) in [5, 5.41) is 1.52. The van der Waals surface area contributed by atoms with Gasteiger partial charge >= 0.3 is 0 Å². The van der Waals surface area contributed by atoms with E-state index in [0.29, 0.717) is 6.54 Å². The lowest BCUT2D eigenvalue weighted by Gasteiger charge is -2.15. The summed E-state index contributed by atoms with van der Waals surface area (Å²) < 4.78 is 2.22. The van der Waals surface area contributed by atoms with Gasteiger partial charge in [-0.3, -0.25) is 4.79 Å². The Balaban J connectivity index is 2.03. The number of nitrogens with zero attached hydrogens (tertiary/aromatic N) is 1. The van der Waals surface area contributed by atoms with Crippen molar-refractivity contribution in [1.29, 1.82) is 0 Å². The topological polar surface area (TPSA) is 22.0 Å². The van der Waals surface area contributed by atoms with Gasteiger partial charge in [-0.2, -0.15) is 0 Å². The standard InChI is InChI=1S/C22H17NO/c1-2-16-8-7-9-17(14-16)15-23-20-12-5-3-10-18(20)22(24)19-11-4-6-13-21(19)23/h2-14H,1,15H2. The van der Waals surface area contributed by atoms with E-state index in [0.717, 1.165) is 27.4 Å². The summed E-state index contributed by atoms with van der Waals surface area (Å²) in [4.78, 5) is 12.8. The van der Waals surface area contributed by atoms with Crippen LogP contribution >= 0.6 is 0 Å². The van der Waals surface area contributed by atoms with E-state index in [2.05, 4.69) is 23.3 Å². The molecule has 0 atom stereocenters. The van der Waals surface area contributed by atoms with E-state index in [1.165, 1.54) is 5.56 Å². The van der Waals surface area contributed by atoms with Gasteiger partial charge in [0.25, 0.3) is 0 Å². The first-order chi connectivity index (χ1) is 11.8. The van der Waals surface area contributed by atoms with E-state index in [-0.39, 0.29) is 5.43 Å². The fourth-order valence-corrected chi connectivity index (χ4v) is 3.25. The minimum absolute atomic E-state index is 0.0947. The van der Waals surface area contributed by atoms with Crippen molar-refractivity contribution in [3.63, 3.8) is 0 Å². The van der Waals surface area contributed by atoms with Gasteiger partial charge < -0.3 is 4.57 Å². The highest BCUT2D eigenvalue weighted by Crippen LogP contribution is 2.21. The van der Waals surface area contributed by atoms with Gasteiger partial charge in [0.1, 0.15) is 0 Å². The number of hydrogen-bond donors (Lipinski definition) is 0. The fourth-order valence-electron chi connectivity index (χ4n) is 3.25. The Morgan fingerprint density at radius 2 is 1.46 bits per heavy atom. The summed E-state index contributed by atoms with van der Waals surface area (Å²) in [6, 6.07) is 24.0. The Hall–Kier alpha value is -3.13. The summed E-state index contributed by atoms with van der Waals surface area (Å²) in [7, 11) is 0. The Morgan fingerprint density at radius 3 is 2.08 bits per heavy atom. The Bertz CT molecular complexity index is 1060. The summed E-state index contributed by atoms with van der Waals surface area (Å²) in [5.74, 6) is 0. The van der Waals surface area contributed by atoms with E-state index in [1.807, 2.05) is 66.7 Å². The molecule has 1 heterocycles. The van der Waals surface area contributed by atoms with E-state index < -0.39 is 0 Å². The summed E-state index contributed by atoms with van der Waals surface area (Å²) in [5.41, 5.74) is 4.31. The largest absolute Gasteiger partial charge is 0.336 e. The zero-order chi connectivity index (χ0) is 16.5. The van der Waals surface area contributed by atoms with Crippen LogP contribution in [0.3, 0.4) is 0 Å². The molecule has 0 saturated heterocycles. The molecule has 0 N–H and O–H groups in total. The molecule has 4 rings (SSSR count). The second kappa shape index (κ2) is 5.82. The molecule has 116 valence electrons. The highest BCUT2D eigenvalue weighted by atomic mass is 16.1. The van der Waals surface area contributed by atoms with Crippen LogP contribution in [-0.2, 0) is 6.54 Å². The van der Waals surface area contributed by atoms with E-state index >= 15 is 0 Å². The number of pyridine rings is 1. The quantitative estimate of drug-likeness (QED) is 0.496. The third-order valence-corrected chi connectivity index (χ3v) is 4.41. The molecule has 0 bridgehead atoms. The smallest absolute Gasteiger partial charge is 0.197 e. The normalized spacial score (nSPS) is 11.0. The minimum atomic E-state index is 0.0947. The van der Waals surface area contributed by atoms with Gasteiger partial charge in [0.05, 0.1) is 11.0 Å². The number of aromatic nitrogens is 1. The summed E-state index contributed by atoms with van der Waals surface area (Å²) in [6.45, 7) is 4.55. The van der Waals surface area contributed by atoms with Crippen LogP contribution in [0.2, 0.25) is 0 Å². The van der Waals surface area contributed by atoms with E-state index in [9.17, 15) is 4.79 Å². The van der Waals surface area contributed by atoms with E-state index in [4.69, 9.17) is 0 Å². The van der Waals surface area contributed by atoms with Crippen molar-refractivity contribution in [3.8, 4) is 0 Å². The maximum atomic E-state index is 12.8. The molecule has 4 aromatic rings. The number of benzene rings is 3. The molecule has 24 heavy (non-hydrogen) atoms. The van der Waals surface area contributed by atoms with Crippen LogP contribution in [0.1, 0.15) is 11.1 Å². The molecule has 0 saturated carbocycles. The predicted molar refractivity (Wildman–Crippen MR) is 101 cm³/mol. The first-order valence-corrected chi connectivity index (χ1v) is 7.99. The first kappa shape index (κ1) is 14.5. The molecular formula is C22H17NO. The Morgan fingerprint density at radius 1 is 0.833 bits per heavy atom. The number of rotatable bonds is 3. The Kier molecular flexibility index (Phi) is 3.51. The highest BCUT2D eigenvalue weighted by molar-refractivity contribution is 5.93. The van der Waals surface area contributed by atoms with Gasteiger partial charge in [-0.15, -0.1) is 0 Å². The zero-order valence-electron chi connectivity index (χ0n) is 13.3. The van der Waals surface area contributed by atoms with Gasteiger partial charge in [-0.1, -0.05) is 55.1 Å². The molecular weight excluding hydrogens is 294 g/mol. The second-order valence-electron chi connectivity index (χ2n) is 5.90. The molecule has 0 aliphatic carbocycles. The van der Waals surface area contributed by atoms with Crippen LogP contribution in [0.15, 0.2) is 84.2 Å². The van der Waals surface area contributed by atoms with Crippen LogP contribution in [0.5, 0.6) is 0 Å². The molecule has 0 amide bonds. The molecule has 3 aromatic carbocycles. The van der Waals surface area contributed by atoms with Crippen LogP contribution in [0.25, 0.3) is 27.9 Å². The molecule has 0 fully saturated rings. The third kappa shape index (κ3) is 2.33. The molecule has 0 aliphatic rings. The predicted octanol–water partition coefficient (Wildman–Crippen LogP) is 4.85. The lowest BCUT2D eigenvalue weighted by atomic mass is 10.1. The first-order valence-electron chi connectivity index (χ1n) is 7.99. The molecule has 2 nitrogen and oxygen atoms in total. The molecule has 0 radical (unpaired) electrons. The monoisotopic (exact) mass is 311 g/mol. The van der Waals surface area contributed by atoms with Crippen LogP contribution in [0, 0.1) is 0 Å². The van der Waals surface area contributed by atoms with Crippen molar-refractivity contribution in [3.05, 3.63) is 101 Å². The molecule has 2 heteroatoms. The van der Waals surface area contributed by atoms with Crippen LogP contribution in [-0.4, -0.2) is 4.57 Å². The second-order valence-corrected chi connectivity index (χ2v) is 5.90. The number of para-hydroxylation sites is 2. The van der Waals surface area contributed by atoms with E-state index in [1.54, 1.807) is 0 Å². The summed E-state index contributed by atoms with van der Waals surface area (Å²) >= 11 is 0. The van der Waals surface area contributed by atoms with Crippen molar-refractivity contribution in [2.24, 2.45) is 0 Å². The number of fused-ring (bicyclic) bond motifs is 2. The van der Waals surface area contributed by atoms with Crippen molar-refractivity contribution in [2.45, 2.75) is 6.54 Å². The van der Waals surface area contributed by atoms with Crippen molar-refractivity contribution in [1.82, 2.24) is 4.57 Å². The highest BCUT2D eigenvalue weighted by Gasteiger charge is 2.10. The summed E-state index contributed by atoms with van der Waals surface area (Å²) in [6.07, 6.45) is 1.85. The third-order valence-electron chi connectivity index (χ3n) is 4.41.